The van der Waals surface area contributed by atoms with E-state index in [-0.39, 0.29) is 29.7 Å². The fraction of sp³-hybridized carbons (Fsp3) is 0.789. The Labute approximate surface area is 163 Å². The highest BCUT2D eigenvalue weighted by Gasteiger charge is 2.17. The highest BCUT2D eigenvalue weighted by molar-refractivity contribution is 5.74. The van der Waals surface area contributed by atoms with Crippen molar-refractivity contribution in [3.8, 4) is 0 Å². The van der Waals surface area contributed by atoms with Crippen molar-refractivity contribution in [3.05, 3.63) is 0 Å². The van der Waals surface area contributed by atoms with Crippen molar-refractivity contribution in [1.82, 2.24) is 20.4 Å². The molecule has 0 aliphatic rings. The summed E-state index contributed by atoms with van der Waals surface area (Å²) >= 11 is 0. The van der Waals surface area contributed by atoms with Crippen LogP contribution in [0.15, 0.2) is 0 Å². The molecule has 0 saturated heterocycles. The van der Waals surface area contributed by atoms with Crippen LogP contribution in [0, 0.1) is 0 Å². The summed E-state index contributed by atoms with van der Waals surface area (Å²) in [6.45, 7) is 11.0. The molecule has 27 heavy (non-hydrogen) atoms. The molecule has 0 fully saturated rings. The van der Waals surface area contributed by atoms with E-state index in [1.54, 1.807) is 18.7 Å². The van der Waals surface area contributed by atoms with Gasteiger partial charge in [-0.15, -0.1) is 0 Å². The molecule has 0 rings (SSSR count). The second kappa shape index (κ2) is 14.0. The molecule has 0 bridgehead atoms. The molecule has 8 nitrogen and oxygen atoms in total. The van der Waals surface area contributed by atoms with Gasteiger partial charge in [0, 0.05) is 66.5 Å². The van der Waals surface area contributed by atoms with Gasteiger partial charge in [-0.1, -0.05) is 0 Å². The van der Waals surface area contributed by atoms with Crippen LogP contribution in [-0.4, -0.2) is 72.2 Å². The van der Waals surface area contributed by atoms with Crippen molar-refractivity contribution in [2.45, 2.75) is 66.3 Å². The number of carbonyl (C=O) groups excluding carboxylic acids is 4. The second-order valence-corrected chi connectivity index (χ2v) is 6.88. The predicted octanol–water partition coefficient (Wildman–Crippen LogP) is 0.905. The summed E-state index contributed by atoms with van der Waals surface area (Å²) in [6.07, 6.45) is 3.04. The number of rotatable bonds is 13. The SMILES string of the molecule is CC(=O)NCCCN(CCCC(C)N(CCCNC(C)=O)C(C)=O)C(C)=O. The standard InChI is InChI=1S/C19H36N4O4/c1-15(23(19(5)27)14-8-11-21-17(3)25)9-6-12-22(18(4)26)13-7-10-20-16(2)24/h15H,6-14H2,1-5H3,(H,20,24)(H,21,25). The summed E-state index contributed by atoms with van der Waals surface area (Å²) in [6, 6.07) is 0.0769. The Kier molecular flexibility index (Phi) is 12.9. The number of hydrogen-bond donors (Lipinski definition) is 2. The number of hydrogen-bond acceptors (Lipinski definition) is 4. The molecule has 0 aromatic rings. The van der Waals surface area contributed by atoms with Crippen LogP contribution < -0.4 is 10.6 Å². The number of carbonyl (C=O) groups is 4. The van der Waals surface area contributed by atoms with Crippen molar-refractivity contribution in [2.75, 3.05) is 32.7 Å². The summed E-state index contributed by atoms with van der Waals surface area (Å²) in [5, 5.41) is 5.46. The van der Waals surface area contributed by atoms with Crippen molar-refractivity contribution in [3.63, 3.8) is 0 Å². The topological polar surface area (TPSA) is 98.8 Å². The highest BCUT2D eigenvalue weighted by Crippen LogP contribution is 2.09. The largest absolute Gasteiger partial charge is 0.356 e. The summed E-state index contributed by atoms with van der Waals surface area (Å²) < 4.78 is 0. The van der Waals surface area contributed by atoms with Gasteiger partial charge >= 0.3 is 0 Å². The molecule has 0 radical (unpaired) electrons. The normalized spacial score (nSPS) is 11.4. The number of amides is 4. The molecule has 0 aromatic heterocycles. The Bertz CT molecular complexity index is 496. The Morgan fingerprint density at radius 2 is 1.22 bits per heavy atom. The fourth-order valence-corrected chi connectivity index (χ4v) is 2.90. The first-order valence-corrected chi connectivity index (χ1v) is 9.66. The lowest BCUT2D eigenvalue weighted by Crippen LogP contribution is -2.40. The maximum Gasteiger partial charge on any atom is 0.219 e. The van der Waals surface area contributed by atoms with Gasteiger partial charge in [-0.05, 0) is 32.6 Å². The van der Waals surface area contributed by atoms with Crippen LogP contribution in [0.25, 0.3) is 0 Å². The van der Waals surface area contributed by atoms with E-state index in [0.29, 0.717) is 39.1 Å². The van der Waals surface area contributed by atoms with E-state index in [2.05, 4.69) is 10.6 Å². The highest BCUT2D eigenvalue weighted by atomic mass is 16.2. The Morgan fingerprint density at radius 1 is 0.741 bits per heavy atom. The first-order valence-electron chi connectivity index (χ1n) is 9.66. The van der Waals surface area contributed by atoms with Gasteiger partial charge in [-0.3, -0.25) is 19.2 Å². The minimum Gasteiger partial charge on any atom is -0.356 e. The van der Waals surface area contributed by atoms with Gasteiger partial charge in [0.1, 0.15) is 0 Å². The zero-order valence-corrected chi connectivity index (χ0v) is 17.5. The third-order valence-corrected chi connectivity index (χ3v) is 4.36. The molecule has 1 atom stereocenters. The van der Waals surface area contributed by atoms with Crippen molar-refractivity contribution in [2.24, 2.45) is 0 Å². The quantitative estimate of drug-likeness (QED) is 0.461. The second-order valence-electron chi connectivity index (χ2n) is 6.88. The average Bonchev–Trinajstić information content (AvgIpc) is 2.55. The van der Waals surface area contributed by atoms with E-state index in [1.807, 2.05) is 11.8 Å². The van der Waals surface area contributed by atoms with Crippen molar-refractivity contribution in [1.29, 1.82) is 0 Å². The third-order valence-electron chi connectivity index (χ3n) is 4.36. The van der Waals surface area contributed by atoms with E-state index in [9.17, 15) is 19.2 Å². The average molecular weight is 385 g/mol. The van der Waals surface area contributed by atoms with Gasteiger partial charge in [0.05, 0.1) is 0 Å². The summed E-state index contributed by atoms with van der Waals surface area (Å²) in [7, 11) is 0. The monoisotopic (exact) mass is 384 g/mol. The van der Waals surface area contributed by atoms with Gasteiger partial charge in [0.25, 0.3) is 0 Å². The maximum absolute atomic E-state index is 11.9. The van der Waals surface area contributed by atoms with Gasteiger partial charge < -0.3 is 20.4 Å². The van der Waals surface area contributed by atoms with Crippen LogP contribution in [0.1, 0.15) is 60.3 Å². The van der Waals surface area contributed by atoms with E-state index in [1.165, 1.54) is 13.8 Å². The smallest absolute Gasteiger partial charge is 0.219 e. The van der Waals surface area contributed by atoms with E-state index in [4.69, 9.17) is 0 Å². The Morgan fingerprint density at radius 3 is 1.67 bits per heavy atom. The fourth-order valence-electron chi connectivity index (χ4n) is 2.90. The molecule has 0 aliphatic carbocycles. The molecule has 4 amide bonds. The van der Waals surface area contributed by atoms with Crippen LogP contribution >= 0.6 is 0 Å². The Hall–Kier alpha value is -2.12. The van der Waals surface area contributed by atoms with Gasteiger partial charge in [0.15, 0.2) is 0 Å². The molecule has 8 heteroatoms. The van der Waals surface area contributed by atoms with E-state index < -0.39 is 0 Å². The van der Waals surface area contributed by atoms with Crippen LogP contribution in [-0.2, 0) is 19.2 Å². The molecule has 1 unspecified atom stereocenters. The molecule has 0 aliphatic heterocycles. The lowest BCUT2D eigenvalue weighted by atomic mass is 10.1. The minimum absolute atomic E-state index is 0.0176. The van der Waals surface area contributed by atoms with Gasteiger partial charge in [-0.2, -0.15) is 0 Å². The molecule has 0 heterocycles. The summed E-state index contributed by atoms with van der Waals surface area (Å²) in [4.78, 5) is 49.0. The zero-order valence-electron chi connectivity index (χ0n) is 17.5. The van der Waals surface area contributed by atoms with Crippen LogP contribution in [0.5, 0.6) is 0 Å². The first-order chi connectivity index (χ1) is 12.6. The molecule has 0 aromatic carbocycles. The molecule has 156 valence electrons. The van der Waals surface area contributed by atoms with Crippen LogP contribution in [0.4, 0.5) is 0 Å². The third kappa shape index (κ3) is 12.8. The summed E-state index contributed by atoms with van der Waals surface area (Å²) in [5.74, 6) is -0.102. The van der Waals surface area contributed by atoms with Gasteiger partial charge in [0.2, 0.25) is 23.6 Å². The zero-order chi connectivity index (χ0) is 20.8. The predicted molar refractivity (Wildman–Crippen MR) is 105 cm³/mol. The van der Waals surface area contributed by atoms with Gasteiger partial charge in [-0.25, -0.2) is 0 Å². The maximum atomic E-state index is 11.9. The molecule has 2 N–H and O–H groups in total. The molecular weight excluding hydrogens is 348 g/mol. The lowest BCUT2D eigenvalue weighted by molar-refractivity contribution is -0.132. The number of nitrogens with one attached hydrogen (secondary N) is 2. The summed E-state index contributed by atoms with van der Waals surface area (Å²) in [5.41, 5.74) is 0. The van der Waals surface area contributed by atoms with E-state index >= 15 is 0 Å². The van der Waals surface area contributed by atoms with Crippen LogP contribution in [0.2, 0.25) is 0 Å². The number of nitrogens with zero attached hydrogens (tertiary/aromatic N) is 2. The van der Waals surface area contributed by atoms with Crippen molar-refractivity contribution < 1.29 is 19.2 Å². The van der Waals surface area contributed by atoms with Crippen LogP contribution in [0.3, 0.4) is 0 Å². The molecule has 0 saturated carbocycles. The minimum atomic E-state index is -0.0692. The molecular formula is C19H36N4O4. The Balaban J connectivity index is 4.28. The van der Waals surface area contributed by atoms with E-state index in [0.717, 1.165) is 19.3 Å². The lowest BCUT2D eigenvalue weighted by Gasteiger charge is -2.29. The van der Waals surface area contributed by atoms with Crippen molar-refractivity contribution >= 4 is 23.6 Å². The molecule has 0 spiro atoms. The first kappa shape index (κ1) is 24.9.